The molecule has 0 N–H and O–H groups in total. The minimum Gasteiger partial charge on any atom is -0.494 e. The molecule has 0 bridgehead atoms. The number of carbonyl (C=O) groups excluding carboxylic acids is 1. The van der Waals surface area contributed by atoms with Crippen molar-refractivity contribution in [3.8, 4) is 5.75 Å². The van der Waals surface area contributed by atoms with Gasteiger partial charge in [-0.15, -0.1) is 0 Å². The summed E-state index contributed by atoms with van der Waals surface area (Å²) in [6.45, 7) is 3.72. The van der Waals surface area contributed by atoms with Gasteiger partial charge in [-0.3, -0.25) is 14.7 Å². The Morgan fingerprint density at radius 3 is 2.40 bits per heavy atom. The minimum atomic E-state index is -0.0658. The fraction of sp³-hybridized carbons (Fsp3) is 0.333. The summed E-state index contributed by atoms with van der Waals surface area (Å²) in [6.07, 6.45) is 1.80. The second-order valence-corrected chi connectivity index (χ2v) is 6.68. The van der Waals surface area contributed by atoms with Gasteiger partial charge in [-0.2, -0.15) is 0 Å². The SMILES string of the molecule is COc1c(Cl)cc(C(=O)N2CCN(Cc3ccccn3)CC2)cc1Cl. The van der Waals surface area contributed by atoms with Crippen molar-refractivity contribution >= 4 is 29.1 Å². The number of methoxy groups -OCH3 is 1. The minimum absolute atomic E-state index is 0.0658. The van der Waals surface area contributed by atoms with Crippen LogP contribution in [0.25, 0.3) is 0 Å². The van der Waals surface area contributed by atoms with Gasteiger partial charge in [-0.05, 0) is 24.3 Å². The molecular formula is C18H19Cl2N3O2. The molecule has 0 spiro atoms. The van der Waals surface area contributed by atoms with Gasteiger partial charge in [0.25, 0.3) is 5.91 Å². The molecule has 1 aromatic carbocycles. The van der Waals surface area contributed by atoms with Gasteiger partial charge >= 0.3 is 0 Å². The maximum atomic E-state index is 12.7. The predicted octanol–water partition coefficient (Wildman–Crippen LogP) is 3.36. The molecular weight excluding hydrogens is 361 g/mol. The number of nitrogens with zero attached hydrogens (tertiary/aromatic N) is 3. The number of carbonyl (C=O) groups is 1. The largest absolute Gasteiger partial charge is 0.494 e. The van der Waals surface area contributed by atoms with Gasteiger partial charge in [-0.25, -0.2) is 0 Å². The second kappa shape index (κ2) is 8.04. The Morgan fingerprint density at radius 2 is 1.84 bits per heavy atom. The fourth-order valence-corrected chi connectivity index (χ4v) is 3.53. The molecule has 7 heteroatoms. The van der Waals surface area contributed by atoms with Crippen molar-refractivity contribution in [1.82, 2.24) is 14.8 Å². The van der Waals surface area contributed by atoms with E-state index >= 15 is 0 Å². The lowest BCUT2D eigenvalue weighted by Gasteiger charge is -2.34. The molecule has 0 radical (unpaired) electrons. The Bertz CT molecular complexity index is 724. The van der Waals surface area contributed by atoms with Crippen molar-refractivity contribution in [2.45, 2.75) is 6.54 Å². The number of hydrogen-bond acceptors (Lipinski definition) is 4. The normalized spacial score (nSPS) is 15.2. The standard InChI is InChI=1S/C18H19Cl2N3O2/c1-25-17-15(19)10-13(11-16(17)20)18(24)23-8-6-22(7-9-23)12-14-4-2-3-5-21-14/h2-5,10-11H,6-9,12H2,1H3. The van der Waals surface area contributed by atoms with Gasteiger partial charge in [-0.1, -0.05) is 29.3 Å². The topological polar surface area (TPSA) is 45.7 Å². The van der Waals surface area contributed by atoms with Crippen LogP contribution in [0.5, 0.6) is 5.75 Å². The van der Waals surface area contributed by atoms with Crippen molar-refractivity contribution < 1.29 is 9.53 Å². The number of piperazine rings is 1. The molecule has 0 unspecified atom stereocenters. The molecule has 0 aliphatic carbocycles. The first-order chi connectivity index (χ1) is 12.1. The van der Waals surface area contributed by atoms with E-state index in [2.05, 4.69) is 9.88 Å². The molecule has 2 heterocycles. The van der Waals surface area contributed by atoms with Crippen LogP contribution in [0.15, 0.2) is 36.5 Å². The van der Waals surface area contributed by atoms with Crippen molar-refractivity contribution in [1.29, 1.82) is 0 Å². The number of hydrogen-bond donors (Lipinski definition) is 0. The third-order valence-corrected chi connectivity index (χ3v) is 4.78. The summed E-state index contributed by atoms with van der Waals surface area (Å²) in [5.74, 6) is 0.323. The lowest BCUT2D eigenvalue weighted by Crippen LogP contribution is -2.48. The number of halogens is 2. The van der Waals surface area contributed by atoms with Gasteiger partial charge in [0.2, 0.25) is 0 Å². The highest BCUT2D eigenvalue weighted by Crippen LogP contribution is 2.34. The van der Waals surface area contributed by atoms with Crippen molar-refractivity contribution in [2.24, 2.45) is 0 Å². The molecule has 132 valence electrons. The molecule has 3 rings (SSSR count). The molecule has 25 heavy (non-hydrogen) atoms. The highest BCUT2D eigenvalue weighted by Gasteiger charge is 2.23. The molecule has 0 atom stereocenters. The molecule has 5 nitrogen and oxygen atoms in total. The van der Waals surface area contributed by atoms with Gasteiger partial charge in [0.05, 0.1) is 22.8 Å². The van der Waals surface area contributed by atoms with Gasteiger partial charge < -0.3 is 9.64 Å². The average Bonchev–Trinajstić information content (AvgIpc) is 2.62. The Morgan fingerprint density at radius 1 is 1.16 bits per heavy atom. The van der Waals surface area contributed by atoms with Crippen molar-refractivity contribution in [3.63, 3.8) is 0 Å². The summed E-state index contributed by atoms with van der Waals surface area (Å²) in [6, 6.07) is 9.12. The van der Waals surface area contributed by atoms with Crippen LogP contribution in [0.4, 0.5) is 0 Å². The fourth-order valence-electron chi connectivity index (χ4n) is 2.89. The van der Waals surface area contributed by atoms with E-state index in [1.165, 1.54) is 7.11 Å². The van der Waals surface area contributed by atoms with Gasteiger partial charge in [0.15, 0.2) is 5.75 Å². The van der Waals surface area contributed by atoms with Crippen LogP contribution >= 0.6 is 23.2 Å². The van der Waals surface area contributed by atoms with E-state index < -0.39 is 0 Å². The van der Waals surface area contributed by atoms with Crippen LogP contribution in [0, 0.1) is 0 Å². The maximum Gasteiger partial charge on any atom is 0.254 e. The number of ether oxygens (including phenoxy) is 1. The Kier molecular flexibility index (Phi) is 5.78. The number of pyridine rings is 1. The van der Waals surface area contributed by atoms with E-state index in [0.717, 1.165) is 25.3 Å². The highest BCUT2D eigenvalue weighted by atomic mass is 35.5. The zero-order valence-electron chi connectivity index (χ0n) is 13.9. The number of amides is 1. The Hall–Kier alpha value is -1.82. The predicted molar refractivity (Wildman–Crippen MR) is 98.4 cm³/mol. The summed E-state index contributed by atoms with van der Waals surface area (Å²) in [5.41, 5.74) is 1.52. The van der Waals surface area contributed by atoms with Crippen LogP contribution in [0.1, 0.15) is 16.1 Å². The van der Waals surface area contributed by atoms with Crippen molar-refractivity contribution in [2.75, 3.05) is 33.3 Å². The molecule has 1 saturated heterocycles. The lowest BCUT2D eigenvalue weighted by atomic mass is 10.1. The van der Waals surface area contributed by atoms with Crippen LogP contribution in [0.3, 0.4) is 0 Å². The number of rotatable bonds is 4. The second-order valence-electron chi connectivity index (χ2n) is 5.86. The summed E-state index contributed by atoms with van der Waals surface area (Å²) < 4.78 is 5.13. The average molecular weight is 380 g/mol. The summed E-state index contributed by atoms with van der Waals surface area (Å²) in [7, 11) is 1.50. The summed E-state index contributed by atoms with van der Waals surface area (Å²) in [5, 5.41) is 0.680. The maximum absolute atomic E-state index is 12.7. The van der Waals surface area contributed by atoms with E-state index in [4.69, 9.17) is 27.9 Å². The van der Waals surface area contributed by atoms with Gasteiger partial charge in [0, 0.05) is 44.5 Å². The zero-order chi connectivity index (χ0) is 17.8. The molecule has 2 aromatic rings. The van der Waals surface area contributed by atoms with E-state index in [9.17, 15) is 4.79 Å². The smallest absolute Gasteiger partial charge is 0.254 e. The quantitative estimate of drug-likeness (QED) is 0.816. The highest BCUT2D eigenvalue weighted by molar-refractivity contribution is 6.37. The molecule has 1 aliphatic heterocycles. The zero-order valence-corrected chi connectivity index (χ0v) is 15.4. The lowest BCUT2D eigenvalue weighted by molar-refractivity contribution is 0.0627. The third-order valence-electron chi connectivity index (χ3n) is 4.22. The Balaban J connectivity index is 1.62. The number of benzene rings is 1. The van der Waals surface area contributed by atoms with E-state index in [0.29, 0.717) is 34.4 Å². The van der Waals surface area contributed by atoms with Crippen LogP contribution < -0.4 is 4.74 Å². The monoisotopic (exact) mass is 379 g/mol. The van der Waals surface area contributed by atoms with E-state index in [1.54, 1.807) is 18.3 Å². The first-order valence-corrected chi connectivity index (χ1v) is 8.78. The first-order valence-electron chi connectivity index (χ1n) is 8.03. The van der Waals surface area contributed by atoms with E-state index in [1.807, 2.05) is 23.1 Å². The van der Waals surface area contributed by atoms with Crippen LogP contribution in [-0.4, -0.2) is 54.0 Å². The molecule has 1 aromatic heterocycles. The molecule has 0 saturated carbocycles. The van der Waals surface area contributed by atoms with Crippen LogP contribution in [0.2, 0.25) is 10.0 Å². The van der Waals surface area contributed by atoms with Gasteiger partial charge in [0.1, 0.15) is 0 Å². The van der Waals surface area contributed by atoms with Crippen molar-refractivity contribution in [3.05, 3.63) is 57.8 Å². The first kappa shape index (κ1) is 18.0. The summed E-state index contributed by atoms with van der Waals surface area (Å²) >= 11 is 12.3. The molecule has 1 amide bonds. The summed E-state index contributed by atoms with van der Waals surface area (Å²) in [4.78, 5) is 21.2. The molecule has 1 aliphatic rings. The number of aromatic nitrogens is 1. The van der Waals surface area contributed by atoms with Crippen LogP contribution in [-0.2, 0) is 6.54 Å². The third kappa shape index (κ3) is 4.24. The Labute approximate surface area is 157 Å². The molecule has 1 fully saturated rings. The van der Waals surface area contributed by atoms with E-state index in [-0.39, 0.29) is 5.91 Å².